The van der Waals surface area contributed by atoms with Crippen LogP contribution in [0.3, 0.4) is 0 Å². The van der Waals surface area contributed by atoms with Crippen molar-refractivity contribution >= 4 is 70.4 Å². The predicted molar refractivity (Wildman–Crippen MR) is 272 cm³/mol. The molecule has 2 nitrogen and oxygen atoms in total. The highest BCUT2D eigenvalue weighted by Gasteiger charge is 2.38. The lowest BCUT2D eigenvalue weighted by Gasteiger charge is -2.37. The molecule has 3 heteroatoms. The fourth-order valence-electron chi connectivity index (χ4n) is 10.1. The Kier molecular flexibility index (Phi) is 9.28. The number of aromatic nitrogens is 1. The van der Waals surface area contributed by atoms with E-state index >= 15 is 0 Å². The zero-order valence-corrected chi connectivity index (χ0v) is 35.9. The molecule has 0 spiro atoms. The number of hydrogen-bond donors (Lipinski definition) is 0. The molecule has 0 amide bonds. The molecule has 12 aromatic rings. The molecular weight excluding hydrogens is 793 g/mol. The quantitative estimate of drug-likeness (QED) is 0.132. The molecule has 0 N–H and O–H groups in total. The van der Waals surface area contributed by atoms with Crippen LogP contribution in [0.15, 0.2) is 255 Å². The summed E-state index contributed by atoms with van der Waals surface area (Å²) in [5.74, 6) is 0. The van der Waals surface area contributed by atoms with E-state index in [4.69, 9.17) is 0 Å². The van der Waals surface area contributed by atoms with E-state index in [0.29, 0.717) is 0 Å². The molecule has 0 saturated heterocycles. The van der Waals surface area contributed by atoms with Crippen molar-refractivity contribution in [1.82, 2.24) is 4.57 Å². The third-order valence-corrected chi connectivity index (χ3v) is 14.1. The van der Waals surface area contributed by atoms with Crippen molar-refractivity contribution in [2.75, 3.05) is 4.90 Å². The molecule has 0 aliphatic rings. The van der Waals surface area contributed by atoms with E-state index in [1.165, 1.54) is 64.2 Å². The van der Waals surface area contributed by atoms with Crippen LogP contribution in [-0.2, 0) is 5.41 Å². The minimum absolute atomic E-state index is 0.508. The van der Waals surface area contributed by atoms with Crippen molar-refractivity contribution < 1.29 is 0 Å². The number of hydrogen-bond acceptors (Lipinski definition) is 2. The Hall–Kier alpha value is -7.98. The van der Waals surface area contributed by atoms with Crippen molar-refractivity contribution in [3.63, 3.8) is 0 Å². The van der Waals surface area contributed by atoms with Crippen molar-refractivity contribution in [2.45, 2.75) is 5.41 Å². The van der Waals surface area contributed by atoms with Gasteiger partial charge in [0.25, 0.3) is 0 Å². The first kappa shape index (κ1) is 37.8. The van der Waals surface area contributed by atoms with Crippen LogP contribution < -0.4 is 4.90 Å². The van der Waals surface area contributed by atoms with Crippen molar-refractivity contribution in [3.05, 3.63) is 277 Å². The fraction of sp³-hybridized carbons (Fsp3) is 0.0164. The summed E-state index contributed by atoms with van der Waals surface area (Å²) in [6.45, 7) is 0. The second-order valence-electron chi connectivity index (χ2n) is 16.5. The van der Waals surface area contributed by atoms with Crippen molar-refractivity contribution in [1.29, 1.82) is 0 Å². The van der Waals surface area contributed by atoms with E-state index < -0.39 is 5.41 Å². The van der Waals surface area contributed by atoms with Gasteiger partial charge >= 0.3 is 0 Å². The van der Waals surface area contributed by atoms with Gasteiger partial charge in [-0.2, -0.15) is 0 Å². The van der Waals surface area contributed by atoms with Gasteiger partial charge in [0.2, 0.25) is 0 Å². The number of nitrogens with zero attached hydrogens (tertiary/aromatic N) is 2. The van der Waals surface area contributed by atoms with Crippen LogP contribution in [0, 0.1) is 0 Å². The van der Waals surface area contributed by atoms with E-state index in [2.05, 4.69) is 264 Å². The van der Waals surface area contributed by atoms with Gasteiger partial charge in [-0.3, -0.25) is 0 Å². The molecule has 2 heterocycles. The smallest absolute Gasteiger partial charge is 0.0701 e. The predicted octanol–water partition coefficient (Wildman–Crippen LogP) is 16.7. The summed E-state index contributed by atoms with van der Waals surface area (Å²) in [6, 6.07) is 93.2. The number of rotatable bonds is 9. The number of fused-ring (bicyclic) bond motifs is 6. The van der Waals surface area contributed by atoms with E-state index in [-0.39, 0.29) is 0 Å². The van der Waals surface area contributed by atoms with Crippen LogP contribution >= 0.6 is 11.3 Å². The van der Waals surface area contributed by atoms with E-state index in [9.17, 15) is 0 Å². The van der Waals surface area contributed by atoms with Crippen LogP contribution in [0.1, 0.15) is 22.3 Å². The number of benzene rings is 10. The minimum atomic E-state index is -0.508. The zero-order valence-electron chi connectivity index (χ0n) is 35.1. The molecule has 0 saturated carbocycles. The van der Waals surface area contributed by atoms with E-state index in [1.54, 1.807) is 0 Å². The summed E-state index contributed by atoms with van der Waals surface area (Å²) < 4.78 is 4.99. The van der Waals surface area contributed by atoms with Gasteiger partial charge in [-0.1, -0.05) is 188 Å². The maximum absolute atomic E-state index is 2.43. The Morgan fingerprint density at radius 3 is 1.52 bits per heavy atom. The van der Waals surface area contributed by atoms with Crippen LogP contribution in [-0.4, -0.2) is 4.57 Å². The monoisotopic (exact) mass is 834 g/mol. The van der Waals surface area contributed by atoms with Gasteiger partial charge in [-0.05, 0) is 100 Å². The molecule has 0 atom stereocenters. The van der Waals surface area contributed by atoms with Gasteiger partial charge in [0, 0.05) is 53.7 Å². The maximum atomic E-state index is 2.43. The summed E-state index contributed by atoms with van der Waals surface area (Å²) in [5.41, 5.74) is 13.5. The molecule has 2 aromatic heterocycles. The molecule has 0 fully saturated rings. The first-order chi connectivity index (χ1) is 31.7. The Bertz CT molecular complexity index is 3500. The van der Waals surface area contributed by atoms with Gasteiger partial charge in [-0.15, -0.1) is 11.3 Å². The van der Waals surface area contributed by atoms with Gasteiger partial charge in [0.05, 0.1) is 16.4 Å². The van der Waals surface area contributed by atoms with Crippen LogP contribution in [0.5, 0.6) is 0 Å². The molecule has 0 aliphatic heterocycles. The first-order valence-corrected chi connectivity index (χ1v) is 22.7. The van der Waals surface area contributed by atoms with Crippen molar-refractivity contribution in [3.8, 4) is 16.8 Å². The lowest BCUT2D eigenvalue weighted by molar-refractivity contribution is 0.745. The topological polar surface area (TPSA) is 8.17 Å². The summed E-state index contributed by atoms with van der Waals surface area (Å²) in [7, 11) is 0. The van der Waals surface area contributed by atoms with Crippen LogP contribution in [0.4, 0.5) is 17.1 Å². The molecule has 0 radical (unpaired) electrons. The summed E-state index contributed by atoms with van der Waals surface area (Å²) >= 11 is 1.85. The Labute approximate surface area is 377 Å². The Morgan fingerprint density at radius 2 is 0.828 bits per heavy atom. The van der Waals surface area contributed by atoms with Gasteiger partial charge in [0.1, 0.15) is 0 Å². The average molecular weight is 835 g/mol. The second-order valence-corrected chi connectivity index (χ2v) is 17.6. The second kappa shape index (κ2) is 15.7. The molecule has 0 bridgehead atoms. The highest BCUT2D eigenvalue weighted by Crippen LogP contribution is 2.47. The van der Waals surface area contributed by atoms with Gasteiger partial charge in [0.15, 0.2) is 0 Å². The summed E-state index contributed by atoms with van der Waals surface area (Å²) in [6.07, 6.45) is 0. The normalized spacial score (nSPS) is 11.8. The van der Waals surface area contributed by atoms with E-state index in [0.717, 1.165) is 33.9 Å². The number of thiophene rings is 1. The zero-order chi connectivity index (χ0) is 42.5. The van der Waals surface area contributed by atoms with Crippen LogP contribution in [0.25, 0.3) is 58.8 Å². The molecule has 0 unspecified atom stereocenters. The SMILES string of the molecule is c1ccc(-n2c3ccccc3c3ccc(N(c4cccc(-c5ccc(C(c6ccccc6)(c6ccccc6)c6ccccc6)cc5)c4)c4ccc5sc6ccccc6c5c4)cc32)cc1. The third kappa shape index (κ3) is 6.24. The van der Waals surface area contributed by atoms with E-state index in [1.807, 2.05) is 11.3 Å². The van der Waals surface area contributed by atoms with Crippen molar-refractivity contribution in [2.24, 2.45) is 0 Å². The number of anilines is 3. The molecule has 12 rings (SSSR count). The average Bonchev–Trinajstić information content (AvgIpc) is 3.91. The fourth-order valence-corrected chi connectivity index (χ4v) is 11.1. The standard InChI is InChI=1S/C61H42N2S/c1-5-19-45(20-6-1)61(46-21-7-2-8-22-46,47-23-9-3-10-24-47)48-34-32-43(33-35-48)44-18-17-27-50(40-44)62(51-37-39-60-56(41-51)55-29-14-16-31-59(55)64-60)52-36-38-54-53-28-13-15-30-57(53)63(58(54)42-52)49-25-11-4-12-26-49/h1-42H. The minimum Gasteiger partial charge on any atom is -0.310 e. The van der Waals surface area contributed by atoms with Gasteiger partial charge < -0.3 is 9.47 Å². The maximum Gasteiger partial charge on any atom is 0.0701 e. The lowest BCUT2D eigenvalue weighted by Crippen LogP contribution is -2.30. The van der Waals surface area contributed by atoms with Crippen LogP contribution in [0.2, 0.25) is 0 Å². The summed E-state index contributed by atoms with van der Waals surface area (Å²) in [4.78, 5) is 2.43. The number of para-hydroxylation sites is 2. The Morgan fingerprint density at radius 1 is 0.312 bits per heavy atom. The highest BCUT2D eigenvalue weighted by molar-refractivity contribution is 7.25. The molecule has 64 heavy (non-hydrogen) atoms. The molecular formula is C61H42N2S. The lowest BCUT2D eigenvalue weighted by atomic mass is 9.65. The molecule has 0 aliphatic carbocycles. The first-order valence-electron chi connectivity index (χ1n) is 21.9. The molecule has 302 valence electrons. The highest BCUT2D eigenvalue weighted by atomic mass is 32.1. The summed E-state index contributed by atoms with van der Waals surface area (Å²) in [5, 5.41) is 5.03. The Balaban J connectivity index is 1.03. The largest absolute Gasteiger partial charge is 0.310 e. The van der Waals surface area contributed by atoms with Gasteiger partial charge in [-0.25, -0.2) is 0 Å². The molecule has 10 aromatic carbocycles. The third-order valence-electron chi connectivity index (χ3n) is 12.9.